The van der Waals surface area contributed by atoms with Gasteiger partial charge in [0.15, 0.2) is 0 Å². The Bertz CT molecular complexity index is 819. The molecule has 1 N–H and O–H groups in total. The van der Waals surface area contributed by atoms with Crippen LogP contribution in [0.15, 0.2) is 36.4 Å². The zero-order valence-corrected chi connectivity index (χ0v) is 16.5. The molecule has 0 radical (unpaired) electrons. The summed E-state index contributed by atoms with van der Waals surface area (Å²) >= 11 is 6.12. The van der Waals surface area contributed by atoms with Crippen molar-refractivity contribution in [3.8, 4) is 0 Å². The highest BCUT2D eigenvalue weighted by Gasteiger charge is 2.20. The highest BCUT2D eigenvalue weighted by Crippen LogP contribution is 2.20. The molecule has 3 rings (SSSR count). The molecule has 6 heteroatoms. The van der Waals surface area contributed by atoms with Crippen LogP contribution >= 0.6 is 11.6 Å². The van der Waals surface area contributed by atoms with Gasteiger partial charge in [0.1, 0.15) is 5.82 Å². The Balaban J connectivity index is 1.47. The number of hydrogen-bond acceptors (Lipinski definition) is 3. The van der Waals surface area contributed by atoms with Crippen LogP contribution in [0.4, 0.5) is 10.1 Å². The standard InChI is InChI=1S/C21H25ClFN3O/c1-15-3-6-20(16(2)11-15)24-21(27)14-26-9-7-25(8-10-26)13-17-4-5-18(23)12-19(17)22/h3-6,11-12H,7-10,13-14H2,1-2H3,(H,24,27). The van der Waals surface area contributed by atoms with Crippen molar-refractivity contribution in [2.45, 2.75) is 20.4 Å². The van der Waals surface area contributed by atoms with Crippen LogP contribution in [-0.2, 0) is 11.3 Å². The minimum atomic E-state index is -0.316. The van der Waals surface area contributed by atoms with E-state index in [4.69, 9.17) is 11.6 Å². The number of benzene rings is 2. The third kappa shape index (κ3) is 5.51. The second-order valence-corrected chi connectivity index (χ2v) is 7.56. The average molecular weight is 390 g/mol. The predicted molar refractivity (Wildman–Crippen MR) is 108 cm³/mol. The number of carbonyl (C=O) groups excluding carboxylic acids is 1. The van der Waals surface area contributed by atoms with Crippen LogP contribution in [0.1, 0.15) is 16.7 Å². The molecule has 1 amide bonds. The van der Waals surface area contributed by atoms with Gasteiger partial charge in [-0.25, -0.2) is 4.39 Å². The molecule has 2 aromatic rings. The molecule has 1 saturated heterocycles. The van der Waals surface area contributed by atoms with Crippen molar-refractivity contribution in [3.05, 3.63) is 63.9 Å². The lowest BCUT2D eigenvalue weighted by Gasteiger charge is -2.34. The van der Waals surface area contributed by atoms with Gasteiger partial charge < -0.3 is 5.32 Å². The van der Waals surface area contributed by atoms with Gasteiger partial charge in [-0.3, -0.25) is 14.6 Å². The Labute approximate surface area is 164 Å². The molecule has 144 valence electrons. The summed E-state index contributed by atoms with van der Waals surface area (Å²) in [5.74, 6) is -0.305. The molecule has 0 atom stereocenters. The van der Waals surface area contributed by atoms with Gasteiger partial charge in [0.05, 0.1) is 6.54 Å². The van der Waals surface area contributed by atoms with Gasteiger partial charge in [-0.15, -0.1) is 0 Å². The van der Waals surface area contributed by atoms with Crippen molar-refractivity contribution in [2.24, 2.45) is 0 Å². The van der Waals surface area contributed by atoms with E-state index < -0.39 is 0 Å². The second-order valence-electron chi connectivity index (χ2n) is 7.15. The van der Waals surface area contributed by atoms with E-state index in [1.54, 1.807) is 6.07 Å². The Morgan fingerprint density at radius 1 is 1.07 bits per heavy atom. The Morgan fingerprint density at radius 3 is 2.44 bits per heavy atom. The first-order valence-corrected chi connectivity index (χ1v) is 9.54. The number of anilines is 1. The van der Waals surface area contributed by atoms with Crippen LogP contribution in [0, 0.1) is 19.7 Å². The molecule has 1 aliphatic heterocycles. The molecule has 0 aromatic heterocycles. The van der Waals surface area contributed by atoms with Gasteiger partial charge in [0.25, 0.3) is 0 Å². The van der Waals surface area contributed by atoms with E-state index in [0.29, 0.717) is 18.1 Å². The number of aryl methyl sites for hydroxylation is 2. The van der Waals surface area contributed by atoms with E-state index in [1.807, 2.05) is 26.0 Å². The van der Waals surface area contributed by atoms with E-state index in [-0.39, 0.29) is 11.7 Å². The van der Waals surface area contributed by atoms with Crippen LogP contribution in [0.5, 0.6) is 0 Å². The molecule has 1 aliphatic rings. The molecule has 0 unspecified atom stereocenters. The highest BCUT2D eigenvalue weighted by molar-refractivity contribution is 6.31. The maximum Gasteiger partial charge on any atom is 0.238 e. The monoisotopic (exact) mass is 389 g/mol. The Kier molecular flexibility index (Phi) is 6.47. The Hall–Kier alpha value is -1.95. The molecule has 1 heterocycles. The number of carbonyl (C=O) groups is 1. The summed E-state index contributed by atoms with van der Waals surface area (Å²) < 4.78 is 13.2. The van der Waals surface area contributed by atoms with Crippen molar-refractivity contribution in [1.82, 2.24) is 9.80 Å². The molecule has 4 nitrogen and oxygen atoms in total. The van der Waals surface area contributed by atoms with Crippen LogP contribution < -0.4 is 5.32 Å². The van der Waals surface area contributed by atoms with Gasteiger partial charge in [-0.2, -0.15) is 0 Å². The fourth-order valence-electron chi connectivity index (χ4n) is 3.34. The molecule has 0 spiro atoms. The first-order valence-electron chi connectivity index (χ1n) is 9.16. The summed E-state index contributed by atoms with van der Waals surface area (Å²) in [5, 5.41) is 3.46. The van der Waals surface area contributed by atoms with E-state index >= 15 is 0 Å². The maximum absolute atomic E-state index is 13.2. The summed E-state index contributed by atoms with van der Waals surface area (Å²) in [7, 11) is 0. The quantitative estimate of drug-likeness (QED) is 0.843. The topological polar surface area (TPSA) is 35.6 Å². The average Bonchev–Trinajstić information content (AvgIpc) is 2.61. The van der Waals surface area contributed by atoms with Crippen LogP contribution in [0.25, 0.3) is 0 Å². The third-order valence-corrected chi connectivity index (χ3v) is 5.25. The number of piperazine rings is 1. The van der Waals surface area contributed by atoms with Crippen LogP contribution in [0.2, 0.25) is 5.02 Å². The van der Waals surface area contributed by atoms with Gasteiger partial charge in [0.2, 0.25) is 5.91 Å². The molecular weight excluding hydrogens is 365 g/mol. The first-order chi connectivity index (χ1) is 12.9. The number of nitrogens with zero attached hydrogens (tertiary/aromatic N) is 2. The minimum absolute atomic E-state index is 0.0111. The normalized spacial score (nSPS) is 15.7. The fraction of sp³-hybridized carbons (Fsp3) is 0.381. The number of halogens is 2. The lowest BCUT2D eigenvalue weighted by Crippen LogP contribution is -2.48. The first kappa shape index (κ1) is 19.8. The molecular formula is C21H25ClFN3O. The molecule has 2 aromatic carbocycles. The smallest absolute Gasteiger partial charge is 0.238 e. The Morgan fingerprint density at radius 2 is 1.78 bits per heavy atom. The van der Waals surface area contributed by atoms with Gasteiger partial charge in [0, 0.05) is 43.4 Å². The highest BCUT2D eigenvalue weighted by atomic mass is 35.5. The maximum atomic E-state index is 13.2. The van der Waals surface area contributed by atoms with Crippen molar-refractivity contribution in [3.63, 3.8) is 0 Å². The predicted octanol–water partition coefficient (Wildman–Crippen LogP) is 3.85. The van der Waals surface area contributed by atoms with Crippen molar-refractivity contribution in [2.75, 3.05) is 38.0 Å². The molecule has 27 heavy (non-hydrogen) atoms. The molecule has 0 saturated carbocycles. The van der Waals surface area contributed by atoms with Gasteiger partial charge >= 0.3 is 0 Å². The van der Waals surface area contributed by atoms with Crippen molar-refractivity contribution in [1.29, 1.82) is 0 Å². The number of rotatable bonds is 5. The summed E-state index contributed by atoms with van der Waals surface area (Å²) in [6.07, 6.45) is 0. The van der Waals surface area contributed by atoms with Gasteiger partial charge in [-0.1, -0.05) is 35.4 Å². The summed E-state index contributed by atoms with van der Waals surface area (Å²) in [5.41, 5.74) is 4.06. The van der Waals surface area contributed by atoms with E-state index in [1.165, 1.54) is 17.7 Å². The largest absolute Gasteiger partial charge is 0.325 e. The minimum Gasteiger partial charge on any atom is -0.325 e. The van der Waals surface area contributed by atoms with E-state index in [9.17, 15) is 9.18 Å². The summed E-state index contributed by atoms with van der Waals surface area (Å²) in [6, 6.07) is 10.5. The molecule has 0 bridgehead atoms. The lowest BCUT2D eigenvalue weighted by atomic mass is 10.1. The summed E-state index contributed by atoms with van der Waals surface area (Å²) in [6.45, 7) is 8.46. The zero-order chi connectivity index (χ0) is 19.4. The van der Waals surface area contributed by atoms with Crippen LogP contribution in [0.3, 0.4) is 0 Å². The van der Waals surface area contributed by atoms with E-state index in [0.717, 1.165) is 43.0 Å². The van der Waals surface area contributed by atoms with E-state index in [2.05, 4.69) is 21.2 Å². The van der Waals surface area contributed by atoms with Crippen molar-refractivity contribution < 1.29 is 9.18 Å². The zero-order valence-electron chi connectivity index (χ0n) is 15.8. The number of nitrogens with one attached hydrogen (secondary N) is 1. The number of hydrogen-bond donors (Lipinski definition) is 1. The third-order valence-electron chi connectivity index (χ3n) is 4.90. The molecule has 1 fully saturated rings. The number of amides is 1. The second kappa shape index (κ2) is 8.83. The lowest BCUT2D eigenvalue weighted by molar-refractivity contribution is -0.117. The fourth-order valence-corrected chi connectivity index (χ4v) is 3.57. The SMILES string of the molecule is Cc1ccc(NC(=O)CN2CCN(Cc3ccc(F)cc3Cl)CC2)c(C)c1. The van der Waals surface area contributed by atoms with Crippen molar-refractivity contribution >= 4 is 23.2 Å². The molecule has 0 aliphatic carbocycles. The van der Waals surface area contributed by atoms with Crippen LogP contribution in [-0.4, -0.2) is 48.4 Å². The van der Waals surface area contributed by atoms with Gasteiger partial charge in [-0.05, 0) is 43.2 Å². The summed E-state index contributed by atoms with van der Waals surface area (Å²) in [4.78, 5) is 16.8.